The molecule has 0 amide bonds. The van der Waals surface area contributed by atoms with E-state index in [2.05, 4.69) is 180 Å². The highest BCUT2D eigenvalue weighted by atomic mass is 32.4. The third-order valence-electron chi connectivity index (χ3n) is 10.0. The topological polar surface area (TPSA) is 17.3 Å². The average molecular weight is 661 g/mol. The van der Waals surface area contributed by atoms with Crippen molar-refractivity contribution in [3.05, 3.63) is 176 Å². The summed E-state index contributed by atoms with van der Waals surface area (Å²) in [6.07, 6.45) is 0. The first-order valence-corrected chi connectivity index (χ1v) is 19.4. The van der Waals surface area contributed by atoms with Crippen LogP contribution in [-0.4, -0.2) is 9.38 Å². The second kappa shape index (κ2) is 11.0. The predicted molar refractivity (Wildman–Crippen MR) is 214 cm³/mol. The van der Waals surface area contributed by atoms with Gasteiger partial charge in [-0.25, -0.2) is 4.98 Å². The van der Waals surface area contributed by atoms with Crippen molar-refractivity contribution in [2.24, 2.45) is 0 Å². The molecule has 0 unspecified atom stereocenters. The van der Waals surface area contributed by atoms with E-state index in [9.17, 15) is 0 Å². The smallest absolute Gasteiger partial charge is 0.146 e. The van der Waals surface area contributed by atoms with Gasteiger partial charge in [-0.05, 0) is 96.4 Å². The van der Waals surface area contributed by atoms with Gasteiger partial charge in [-0.3, -0.25) is 4.40 Å². The Morgan fingerprint density at radius 3 is 1.69 bits per heavy atom. The highest BCUT2D eigenvalue weighted by Crippen LogP contribution is 2.44. The van der Waals surface area contributed by atoms with Crippen LogP contribution in [0, 0.1) is 0 Å². The van der Waals surface area contributed by atoms with Crippen LogP contribution < -0.4 is 15.9 Å². The van der Waals surface area contributed by atoms with E-state index >= 15 is 0 Å². The minimum atomic E-state index is -2.29. The second-order valence-electron chi connectivity index (χ2n) is 12.7. The van der Waals surface area contributed by atoms with Gasteiger partial charge in [0.15, 0.2) is 0 Å². The van der Waals surface area contributed by atoms with Crippen molar-refractivity contribution in [3.63, 3.8) is 0 Å². The fourth-order valence-corrected chi connectivity index (χ4v) is 11.4. The molecule has 0 bridgehead atoms. The monoisotopic (exact) mass is 660 g/mol. The zero-order valence-electron chi connectivity index (χ0n) is 26.5. The lowest BCUT2D eigenvalue weighted by atomic mass is 9.95. The molecular weight excluding hydrogens is 632 g/mol. The molecule has 2 heterocycles. The van der Waals surface area contributed by atoms with Crippen LogP contribution in [-0.2, 0) is 11.8 Å². The second-order valence-corrected chi connectivity index (χ2v) is 17.1. The molecule has 0 aliphatic rings. The summed E-state index contributed by atoms with van der Waals surface area (Å²) in [5, 5.41) is 12.1. The first-order valence-electron chi connectivity index (χ1n) is 16.6. The lowest BCUT2D eigenvalue weighted by Crippen LogP contribution is -2.24. The summed E-state index contributed by atoms with van der Waals surface area (Å²) >= 11 is 6.73. The fraction of sp³-hybridized carbons (Fsp3) is 0. The number of rotatable bonds is 4. The normalized spacial score (nSPS) is 12.2. The van der Waals surface area contributed by atoms with E-state index in [-0.39, 0.29) is 0 Å². The molecule has 49 heavy (non-hydrogen) atoms. The highest BCUT2D eigenvalue weighted by Gasteiger charge is 2.25. The van der Waals surface area contributed by atoms with E-state index in [1.807, 2.05) is 0 Å². The van der Waals surface area contributed by atoms with Gasteiger partial charge >= 0.3 is 0 Å². The van der Waals surface area contributed by atoms with Gasteiger partial charge in [0.1, 0.15) is 5.65 Å². The van der Waals surface area contributed by atoms with Crippen LogP contribution in [0.2, 0.25) is 0 Å². The highest BCUT2D eigenvalue weighted by molar-refractivity contribution is 8.25. The largest absolute Gasteiger partial charge is 0.292 e. The lowest BCUT2D eigenvalue weighted by molar-refractivity contribution is 1.31. The fourth-order valence-electron chi connectivity index (χ4n) is 7.62. The van der Waals surface area contributed by atoms with Crippen molar-refractivity contribution in [2.45, 2.75) is 0 Å². The van der Waals surface area contributed by atoms with E-state index in [1.165, 1.54) is 64.9 Å². The summed E-state index contributed by atoms with van der Waals surface area (Å²) < 4.78 is 2.30. The van der Waals surface area contributed by atoms with Crippen molar-refractivity contribution in [1.29, 1.82) is 0 Å². The minimum absolute atomic E-state index is 0.992. The summed E-state index contributed by atoms with van der Waals surface area (Å²) in [4.78, 5) is 5.10. The Morgan fingerprint density at radius 1 is 0.408 bits per heavy atom. The number of aromatic nitrogens is 2. The number of benzene rings is 8. The van der Waals surface area contributed by atoms with E-state index in [1.54, 1.807) is 0 Å². The molecular formula is C45H29N2PS. The SMILES string of the molecule is S=P(c1ccccc1)(c1ccccc1)c1ccc2ccc3ccc(-c4ccc5c(c4)c4ccccc4n4c6ccccc6nc54)cc3c2c1. The number of hydrogen-bond acceptors (Lipinski definition) is 2. The van der Waals surface area contributed by atoms with Crippen LogP contribution in [0.1, 0.15) is 0 Å². The lowest BCUT2D eigenvalue weighted by Gasteiger charge is -2.24. The maximum Gasteiger partial charge on any atom is 0.146 e. The van der Waals surface area contributed by atoms with Gasteiger partial charge in [0.25, 0.3) is 0 Å². The molecule has 0 aliphatic heterocycles. The van der Waals surface area contributed by atoms with E-state index < -0.39 is 6.04 Å². The molecule has 0 radical (unpaired) electrons. The molecule has 0 saturated heterocycles. The number of para-hydroxylation sites is 3. The molecule has 0 spiro atoms. The van der Waals surface area contributed by atoms with Crippen molar-refractivity contribution in [3.8, 4) is 11.1 Å². The molecule has 0 saturated carbocycles. The van der Waals surface area contributed by atoms with Gasteiger partial charge in [-0.15, -0.1) is 0 Å². The van der Waals surface area contributed by atoms with Crippen LogP contribution in [0.3, 0.4) is 0 Å². The molecule has 4 heteroatoms. The Morgan fingerprint density at radius 2 is 0.959 bits per heavy atom. The Labute approximate surface area is 288 Å². The van der Waals surface area contributed by atoms with Crippen molar-refractivity contribution < 1.29 is 0 Å². The summed E-state index contributed by atoms with van der Waals surface area (Å²) in [5.41, 5.74) is 6.68. The molecule has 0 fully saturated rings. The summed E-state index contributed by atoms with van der Waals surface area (Å²) in [5.74, 6) is 0. The maximum atomic E-state index is 6.73. The number of nitrogens with zero attached hydrogens (tertiary/aromatic N) is 2. The van der Waals surface area contributed by atoms with Crippen molar-refractivity contribution >= 4 is 93.7 Å². The third kappa shape index (κ3) is 4.33. The average Bonchev–Trinajstić information content (AvgIpc) is 3.58. The summed E-state index contributed by atoms with van der Waals surface area (Å²) in [6.45, 7) is 0. The quantitative estimate of drug-likeness (QED) is 0.138. The zero-order valence-corrected chi connectivity index (χ0v) is 28.2. The van der Waals surface area contributed by atoms with Crippen molar-refractivity contribution in [2.75, 3.05) is 0 Å². The van der Waals surface area contributed by atoms with Crippen LogP contribution in [0.5, 0.6) is 0 Å². The van der Waals surface area contributed by atoms with E-state index in [0.717, 1.165) is 22.1 Å². The van der Waals surface area contributed by atoms with Crippen LogP contribution in [0.4, 0.5) is 0 Å². The van der Waals surface area contributed by atoms with Crippen LogP contribution in [0.15, 0.2) is 176 Å². The molecule has 8 aromatic carbocycles. The first kappa shape index (κ1) is 28.4. The van der Waals surface area contributed by atoms with Gasteiger partial charge in [-0.2, -0.15) is 0 Å². The van der Waals surface area contributed by atoms with Crippen LogP contribution in [0.25, 0.3) is 71.0 Å². The molecule has 0 aliphatic carbocycles. The predicted octanol–water partition coefficient (Wildman–Crippen LogP) is 10.5. The Balaban J connectivity index is 1.19. The van der Waals surface area contributed by atoms with Crippen molar-refractivity contribution in [1.82, 2.24) is 9.38 Å². The van der Waals surface area contributed by atoms with E-state index in [4.69, 9.17) is 16.8 Å². The molecule has 0 N–H and O–H groups in total. The molecule has 10 aromatic rings. The standard InChI is InChI=1S/C45H29N2PS/c49-48(34-11-3-1-4-12-34,35-13-5-2-6-14-35)36-25-23-31-20-19-30-21-22-32(27-39(30)40(31)29-36)33-24-26-38-41(28-33)37-15-7-9-17-43(37)47-44-18-10-8-16-42(44)46-45(38)47/h1-29H. The summed E-state index contributed by atoms with van der Waals surface area (Å²) in [6, 6.07) is 61.2. The number of hydrogen-bond donors (Lipinski definition) is 0. The zero-order chi connectivity index (χ0) is 32.5. The van der Waals surface area contributed by atoms with Gasteiger partial charge in [-0.1, -0.05) is 145 Å². The number of pyridine rings is 1. The summed E-state index contributed by atoms with van der Waals surface area (Å²) in [7, 11) is 0. The third-order valence-corrected chi connectivity index (χ3v) is 15.0. The Kier molecular flexibility index (Phi) is 6.36. The molecule has 2 aromatic heterocycles. The van der Waals surface area contributed by atoms with Gasteiger partial charge in [0, 0.05) is 16.8 Å². The van der Waals surface area contributed by atoms with E-state index in [0.29, 0.717) is 0 Å². The molecule has 10 rings (SSSR count). The maximum absolute atomic E-state index is 6.73. The Bertz CT molecular complexity index is 2920. The van der Waals surface area contributed by atoms with Gasteiger partial charge < -0.3 is 0 Å². The number of imidazole rings is 1. The van der Waals surface area contributed by atoms with Gasteiger partial charge in [0.2, 0.25) is 0 Å². The van der Waals surface area contributed by atoms with Gasteiger partial charge in [0.05, 0.1) is 16.6 Å². The first-order chi connectivity index (χ1) is 24.2. The number of fused-ring (bicyclic) bond motifs is 11. The molecule has 2 nitrogen and oxygen atoms in total. The molecule has 0 atom stereocenters. The Hall–Kier alpha value is -5.60. The minimum Gasteiger partial charge on any atom is -0.292 e. The van der Waals surface area contributed by atoms with Crippen LogP contribution >= 0.6 is 6.04 Å². The molecule has 230 valence electrons.